The predicted molar refractivity (Wildman–Crippen MR) is 124 cm³/mol. The van der Waals surface area contributed by atoms with Crippen LogP contribution in [0.5, 0.6) is 11.5 Å². The van der Waals surface area contributed by atoms with Crippen molar-refractivity contribution in [1.82, 2.24) is 5.32 Å². The maximum absolute atomic E-state index is 12.6. The Morgan fingerprint density at radius 1 is 1.03 bits per heavy atom. The van der Waals surface area contributed by atoms with Gasteiger partial charge in [-0.05, 0) is 75.6 Å². The molecule has 0 aliphatic carbocycles. The number of nitrogens with two attached hydrogens (primary N) is 1. The van der Waals surface area contributed by atoms with Gasteiger partial charge in [-0.3, -0.25) is 4.79 Å². The Balaban J connectivity index is 1.99. The van der Waals surface area contributed by atoms with Gasteiger partial charge in [-0.1, -0.05) is 48.4 Å². The number of ether oxygens (including phenoxy) is 1. The van der Waals surface area contributed by atoms with Crippen LogP contribution in [0.15, 0.2) is 83.1 Å². The number of amides is 1. The average molecular weight is 405 g/mol. The largest absolute Gasteiger partial charge is 0.457 e. The molecule has 0 aliphatic rings. The van der Waals surface area contributed by atoms with Gasteiger partial charge in [0.25, 0.3) is 5.91 Å². The van der Waals surface area contributed by atoms with E-state index in [1.807, 2.05) is 68.5 Å². The highest BCUT2D eigenvalue weighted by molar-refractivity contribution is 5.96. The lowest BCUT2D eigenvalue weighted by Gasteiger charge is -2.10. The van der Waals surface area contributed by atoms with Crippen molar-refractivity contribution < 1.29 is 9.53 Å². The van der Waals surface area contributed by atoms with Gasteiger partial charge in [-0.25, -0.2) is 0 Å². The number of aryl methyl sites for hydroxylation is 1. The van der Waals surface area contributed by atoms with E-state index in [0.717, 1.165) is 34.6 Å². The molecule has 4 heteroatoms. The van der Waals surface area contributed by atoms with E-state index >= 15 is 0 Å². The third-order valence-corrected chi connectivity index (χ3v) is 4.97. The molecule has 0 atom stereocenters. The molecule has 0 aromatic heterocycles. The van der Waals surface area contributed by atoms with Crippen molar-refractivity contribution in [2.24, 2.45) is 5.73 Å². The van der Waals surface area contributed by atoms with E-state index in [1.54, 1.807) is 13.0 Å². The van der Waals surface area contributed by atoms with Crippen LogP contribution < -0.4 is 15.8 Å². The van der Waals surface area contributed by atoms with Crippen LogP contribution in [0.25, 0.3) is 0 Å². The van der Waals surface area contributed by atoms with Crippen molar-refractivity contribution in [3.8, 4) is 11.5 Å². The Kier molecular flexibility index (Phi) is 8.48. The van der Waals surface area contributed by atoms with Gasteiger partial charge in [0.2, 0.25) is 0 Å². The highest BCUT2D eigenvalue weighted by Crippen LogP contribution is 2.22. The molecule has 0 spiro atoms. The number of benzene rings is 2. The smallest absolute Gasteiger partial charge is 0.253 e. The fourth-order valence-corrected chi connectivity index (χ4v) is 2.78. The zero-order valence-corrected chi connectivity index (χ0v) is 18.6. The van der Waals surface area contributed by atoms with Gasteiger partial charge in [-0.15, -0.1) is 0 Å². The number of hydrogen-bond acceptors (Lipinski definition) is 3. The summed E-state index contributed by atoms with van der Waals surface area (Å²) in [4.78, 5) is 12.6. The zero-order chi connectivity index (χ0) is 22.1. The molecule has 2 aromatic carbocycles. The highest BCUT2D eigenvalue weighted by Gasteiger charge is 2.09. The quantitative estimate of drug-likeness (QED) is 0.423. The van der Waals surface area contributed by atoms with Crippen LogP contribution in [0, 0.1) is 6.92 Å². The van der Waals surface area contributed by atoms with E-state index in [2.05, 4.69) is 19.2 Å². The van der Waals surface area contributed by atoms with E-state index in [1.165, 1.54) is 5.57 Å². The van der Waals surface area contributed by atoms with Crippen molar-refractivity contribution in [2.75, 3.05) is 0 Å². The number of hydrogen-bond donors (Lipinski definition) is 2. The molecular weight excluding hydrogens is 372 g/mol. The van der Waals surface area contributed by atoms with Gasteiger partial charge in [0.15, 0.2) is 0 Å². The number of rotatable bonds is 8. The predicted octanol–water partition coefficient (Wildman–Crippen LogP) is 5.94. The topological polar surface area (TPSA) is 64.3 Å². The van der Waals surface area contributed by atoms with Gasteiger partial charge in [0, 0.05) is 12.2 Å². The number of carbonyl (C=O) groups is 1. The summed E-state index contributed by atoms with van der Waals surface area (Å²) in [5.74, 6) is 1.37. The lowest BCUT2D eigenvalue weighted by molar-refractivity contribution is -0.117. The summed E-state index contributed by atoms with van der Waals surface area (Å²) >= 11 is 0. The summed E-state index contributed by atoms with van der Waals surface area (Å²) in [6, 6.07) is 15.6. The molecule has 0 saturated heterocycles. The second-order valence-electron chi connectivity index (χ2n) is 7.49. The molecule has 0 saturated carbocycles. The molecule has 0 fully saturated rings. The van der Waals surface area contributed by atoms with Gasteiger partial charge >= 0.3 is 0 Å². The van der Waals surface area contributed by atoms with E-state index in [0.29, 0.717) is 17.8 Å². The fraction of sp³-hybridized carbons (Fsp3) is 0.269. The molecule has 0 unspecified atom stereocenters. The van der Waals surface area contributed by atoms with E-state index in [4.69, 9.17) is 10.5 Å². The summed E-state index contributed by atoms with van der Waals surface area (Å²) in [6.07, 6.45) is 4.71. The van der Waals surface area contributed by atoms with E-state index in [-0.39, 0.29) is 5.91 Å². The van der Waals surface area contributed by atoms with E-state index in [9.17, 15) is 4.79 Å². The van der Waals surface area contributed by atoms with Crippen molar-refractivity contribution >= 4 is 5.91 Å². The van der Waals surface area contributed by atoms with Crippen molar-refractivity contribution in [1.29, 1.82) is 0 Å². The summed E-state index contributed by atoms with van der Waals surface area (Å²) in [5.41, 5.74) is 11.5. The van der Waals surface area contributed by atoms with Crippen LogP contribution in [0.2, 0.25) is 0 Å². The molecule has 0 aliphatic heterocycles. The SMILES string of the molecule is CCC(C)=C(C)/C=C\C(C(=O)NCc1ccc(Oc2cccc(C)c2)cc1)=C(/C)N. The van der Waals surface area contributed by atoms with Crippen molar-refractivity contribution in [3.05, 3.63) is 94.2 Å². The third kappa shape index (κ3) is 6.96. The second kappa shape index (κ2) is 11.1. The first-order valence-corrected chi connectivity index (χ1v) is 10.2. The molecule has 4 nitrogen and oxygen atoms in total. The van der Waals surface area contributed by atoms with Crippen LogP contribution in [-0.2, 0) is 11.3 Å². The van der Waals surface area contributed by atoms with Crippen molar-refractivity contribution in [3.63, 3.8) is 0 Å². The highest BCUT2D eigenvalue weighted by atomic mass is 16.5. The molecule has 30 heavy (non-hydrogen) atoms. The van der Waals surface area contributed by atoms with Crippen LogP contribution >= 0.6 is 0 Å². The number of carbonyl (C=O) groups excluding carboxylic acids is 1. The first-order chi connectivity index (χ1) is 14.3. The number of allylic oxidation sites excluding steroid dienone is 4. The van der Waals surface area contributed by atoms with Crippen LogP contribution in [-0.4, -0.2) is 5.91 Å². The Bertz CT molecular complexity index is 963. The standard InChI is InChI=1S/C26H32N2O2/c1-6-19(3)20(4)10-15-25(21(5)27)26(29)28-17-22-11-13-23(14-12-22)30-24-9-7-8-18(2)16-24/h7-16H,6,17,27H2,1-5H3,(H,28,29)/b15-10-,20-19?,25-21-. The molecular formula is C26H32N2O2. The van der Waals surface area contributed by atoms with Gasteiger partial charge in [0.05, 0.1) is 5.57 Å². The molecule has 0 heterocycles. The van der Waals surface area contributed by atoms with Crippen LogP contribution in [0.4, 0.5) is 0 Å². The minimum Gasteiger partial charge on any atom is -0.457 e. The lowest BCUT2D eigenvalue weighted by atomic mass is 10.1. The maximum Gasteiger partial charge on any atom is 0.253 e. The monoisotopic (exact) mass is 404 g/mol. The minimum absolute atomic E-state index is 0.187. The summed E-state index contributed by atoms with van der Waals surface area (Å²) in [7, 11) is 0. The first kappa shape index (κ1) is 23.0. The average Bonchev–Trinajstić information content (AvgIpc) is 2.72. The Morgan fingerprint density at radius 3 is 2.33 bits per heavy atom. The summed E-state index contributed by atoms with van der Waals surface area (Å²) in [6.45, 7) is 10.4. The Morgan fingerprint density at radius 2 is 1.73 bits per heavy atom. The van der Waals surface area contributed by atoms with Gasteiger partial charge < -0.3 is 15.8 Å². The lowest BCUT2D eigenvalue weighted by Crippen LogP contribution is -2.25. The van der Waals surface area contributed by atoms with Crippen LogP contribution in [0.3, 0.4) is 0 Å². The van der Waals surface area contributed by atoms with E-state index < -0.39 is 0 Å². The van der Waals surface area contributed by atoms with Gasteiger partial charge in [-0.2, -0.15) is 0 Å². The third-order valence-electron chi connectivity index (χ3n) is 4.97. The molecule has 0 bridgehead atoms. The molecule has 158 valence electrons. The Hall–Kier alpha value is -3.27. The van der Waals surface area contributed by atoms with Crippen LogP contribution in [0.1, 0.15) is 45.2 Å². The summed E-state index contributed by atoms with van der Waals surface area (Å²) < 4.78 is 5.87. The van der Waals surface area contributed by atoms with Gasteiger partial charge in [0.1, 0.15) is 11.5 Å². The Labute approximate surface area is 180 Å². The summed E-state index contributed by atoms with van der Waals surface area (Å²) in [5, 5.41) is 2.94. The molecule has 2 rings (SSSR count). The number of nitrogens with one attached hydrogen (secondary N) is 1. The molecule has 0 radical (unpaired) electrons. The molecule has 1 amide bonds. The fourth-order valence-electron chi connectivity index (χ4n) is 2.78. The first-order valence-electron chi connectivity index (χ1n) is 10.2. The minimum atomic E-state index is -0.187. The molecule has 3 N–H and O–H groups in total. The zero-order valence-electron chi connectivity index (χ0n) is 18.6. The molecule has 2 aromatic rings. The second-order valence-corrected chi connectivity index (χ2v) is 7.49. The van der Waals surface area contributed by atoms with Crippen molar-refractivity contribution in [2.45, 2.75) is 47.6 Å². The normalized spacial score (nSPS) is 13.0. The maximum atomic E-state index is 12.6.